The Labute approximate surface area is 238 Å². The molecule has 3 aliphatic heterocycles. The molecule has 0 bridgehead atoms. The second-order valence-electron chi connectivity index (χ2n) is 12.0. The lowest BCUT2D eigenvalue weighted by molar-refractivity contribution is -0.475. The van der Waals surface area contributed by atoms with Crippen LogP contribution in [0.15, 0.2) is 112 Å². The zero-order chi connectivity index (χ0) is 27.8. The third-order valence-corrected chi connectivity index (χ3v) is 10.0. The van der Waals surface area contributed by atoms with Crippen LogP contribution in [-0.2, 0) is 10.9 Å². The number of aliphatic imine (C=N–C) groups is 1. The zero-order valence-electron chi connectivity index (χ0n) is 24.1. The topological polar surface area (TPSA) is 28.7 Å². The predicted octanol–water partition coefficient (Wildman–Crippen LogP) is 8.76. The number of rotatable bonds is 3. The highest BCUT2D eigenvalue weighted by Gasteiger charge is 2.51. The molecule has 7 rings (SSSR count). The number of para-hydroxylation sites is 1. The lowest BCUT2D eigenvalue weighted by Gasteiger charge is -2.32. The van der Waals surface area contributed by atoms with Crippen LogP contribution in [0.5, 0.6) is 0 Å². The van der Waals surface area contributed by atoms with Gasteiger partial charge in [0, 0.05) is 34.6 Å². The van der Waals surface area contributed by atoms with Crippen LogP contribution < -0.4 is 4.34 Å². The maximum atomic E-state index is 7.08. The summed E-state index contributed by atoms with van der Waals surface area (Å²) in [6.07, 6.45) is 13.0. The molecule has 1 saturated heterocycles. The van der Waals surface area contributed by atoms with Crippen molar-refractivity contribution in [3.8, 4) is 11.3 Å². The molecular formula is C35H35N3OP+. The van der Waals surface area contributed by atoms with Gasteiger partial charge in [0.05, 0.1) is 11.3 Å². The Morgan fingerprint density at radius 2 is 1.88 bits per heavy atom. The molecule has 0 amide bonds. The third kappa shape index (κ3) is 3.84. The van der Waals surface area contributed by atoms with E-state index >= 15 is 0 Å². The third-order valence-electron chi connectivity index (χ3n) is 8.17. The van der Waals surface area contributed by atoms with Gasteiger partial charge < -0.3 is 4.52 Å². The number of aryl methyl sites for hydroxylation is 2. The van der Waals surface area contributed by atoms with Crippen LogP contribution in [0.4, 0.5) is 0 Å². The van der Waals surface area contributed by atoms with Crippen molar-refractivity contribution in [1.82, 2.24) is 4.90 Å². The van der Waals surface area contributed by atoms with Gasteiger partial charge in [0.2, 0.25) is 17.1 Å². The van der Waals surface area contributed by atoms with Crippen molar-refractivity contribution < 1.29 is 8.86 Å². The average Bonchev–Trinajstić information content (AvgIpc) is 3.30. The van der Waals surface area contributed by atoms with E-state index in [4.69, 9.17) is 9.52 Å². The molecule has 4 heterocycles. The van der Waals surface area contributed by atoms with Crippen LogP contribution in [0, 0.1) is 19.3 Å². The van der Waals surface area contributed by atoms with Crippen LogP contribution in [0.25, 0.3) is 22.2 Å². The van der Waals surface area contributed by atoms with Gasteiger partial charge in [0.25, 0.3) is 0 Å². The first-order chi connectivity index (χ1) is 19.2. The maximum Gasteiger partial charge on any atom is 0.453 e. The highest BCUT2D eigenvalue weighted by molar-refractivity contribution is 7.50. The van der Waals surface area contributed by atoms with Crippen molar-refractivity contribution in [2.24, 2.45) is 10.4 Å². The number of allylic oxidation sites excluding steroid dienone is 7. The van der Waals surface area contributed by atoms with Gasteiger partial charge in [-0.3, -0.25) is 4.90 Å². The van der Waals surface area contributed by atoms with Crippen molar-refractivity contribution in [2.45, 2.75) is 54.4 Å². The molecule has 1 fully saturated rings. The number of hydrogen-bond acceptors (Lipinski definition) is 3. The number of benzene rings is 2. The minimum absolute atomic E-state index is 0.0933. The zero-order valence-corrected chi connectivity index (χ0v) is 25.0. The van der Waals surface area contributed by atoms with Gasteiger partial charge in [-0.25, -0.2) is 4.99 Å². The summed E-state index contributed by atoms with van der Waals surface area (Å²) < 4.78 is 9.56. The summed E-state index contributed by atoms with van der Waals surface area (Å²) in [4.78, 5) is 7.56. The molecule has 1 unspecified atom stereocenters. The van der Waals surface area contributed by atoms with Gasteiger partial charge >= 0.3 is 8.30 Å². The minimum atomic E-state index is -1.23. The second-order valence-corrected chi connectivity index (χ2v) is 13.6. The molecule has 0 radical (unpaired) electrons. The van der Waals surface area contributed by atoms with Crippen LogP contribution >= 0.6 is 8.30 Å². The first kappa shape index (κ1) is 25.2. The summed E-state index contributed by atoms with van der Waals surface area (Å²) in [5, 5.41) is 1.21. The van der Waals surface area contributed by atoms with Gasteiger partial charge in [0.15, 0.2) is 5.44 Å². The number of hydrogen-bond donors (Lipinski definition) is 0. The van der Waals surface area contributed by atoms with Crippen LogP contribution in [0.2, 0.25) is 0 Å². The second kappa shape index (κ2) is 9.14. The summed E-state index contributed by atoms with van der Waals surface area (Å²) in [6.45, 7) is 13.4. The van der Waals surface area contributed by atoms with E-state index < -0.39 is 8.30 Å². The summed E-state index contributed by atoms with van der Waals surface area (Å²) >= 11 is 0. The monoisotopic (exact) mass is 544 g/mol. The summed E-state index contributed by atoms with van der Waals surface area (Å²) in [5.74, 6) is 1.90. The van der Waals surface area contributed by atoms with Crippen molar-refractivity contribution >= 4 is 24.9 Å². The Bertz CT molecular complexity index is 1800. The number of fused-ring (bicyclic) bond motifs is 2. The highest BCUT2D eigenvalue weighted by atomic mass is 31.2. The molecule has 200 valence electrons. The maximum absolute atomic E-state index is 7.08. The number of pyridine rings is 1. The van der Waals surface area contributed by atoms with Crippen molar-refractivity contribution in [2.75, 3.05) is 0 Å². The summed E-state index contributed by atoms with van der Waals surface area (Å²) in [7, 11) is -1.23. The van der Waals surface area contributed by atoms with E-state index in [1.807, 2.05) is 0 Å². The van der Waals surface area contributed by atoms with E-state index in [1.165, 1.54) is 55.4 Å². The lowest BCUT2D eigenvalue weighted by atomic mass is 9.88. The van der Waals surface area contributed by atoms with E-state index in [2.05, 4.69) is 130 Å². The number of aromatic nitrogens is 1. The average molecular weight is 545 g/mol. The molecule has 1 atom stereocenters. The highest BCUT2D eigenvalue weighted by Crippen LogP contribution is 2.60. The Kier molecular flexibility index (Phi) is 5.77. The minimum Gasteiger partial charge on any atom is -0.397 e. The quantitative estimate of drug-likeness (QED) is 0.309. The van der Waals surface area contributed by atoms with Crippen molar-refractivity contribution in [3.63, 3.8) is 0 Å². The van der Waals surface area contributed by atoms with E-state index in [9.17, 15) is 0 Å². The molecule has 5 heteroatoms. The SMILES string of the molecule is CCc1c(C)cc(C)cc1-c1ccc2ccccc2[n+]1P1OC2=CC(C(C)(C)C)=NC3=C4CC=CC=C4C=C1N23. The van der Waals surface area contributed by atoms with Gasteiger partial charge in [-0.15, -0.1) is 4.34 Å². The van der Waals surface area contributed by atoms with Crippen LogP contribution in [0.3, 0.4) is 0 Å². The molecule has 2 aromatic carbocycles. The van der Waals surface area contributed by atoms with Gasteiger partial charge in [-0.05, 0) is 67.7 Å². The Morgan fingerprint density at radius 1 is 1.05 bits per heavy atom. The van der Waals surface area contributed by atoms with E-state index in [-0.39, 0.29) is 5.41 Å². The lowest BCUT2D eigenvalue weighted by Crippen LogP contribution is -2.34. The first-order valence-corrected chi connectivity index (χ1v) is 15.4. The fourth-order valence-corrected chi connectivity index (χ4v) is 8.25. The Hall–Kier alpha value is -3.75. The van der Waals surface area contributed by atoms with Gasteiger partial charge in [0.1, 0.15) is 5.82 Å². The molecule has 0 saturated carbocycles. The smallest absolute Gasteiger partial charge is 0.397 e. The number of nitrogens with zero attached hydrogens (tertiary/aromatic N) is 3. The van der Waals surface area contributed by atoms with Crippen LogP contribution in [-0.4, -0.2) is 10.6 Å². The largest absolute Gasteiger partial charge is 0.453 e. The standard InChI is InChI=1S/C35H35N3OP/c1-7-26-23(3)18-22(2)19-28(26)30-17-16-24-12-9-11-15-29(24)38(30)40-33-20-25-13-8-10-14-27(25)34-36-31(35(4,5)6)21-32(39-40)37(33)34/h8-13,15-21H,7,14H2,1-6H3/q+1. The Morgan fingerprint density at radius 3 is 2.67 bits per heavy atom. The Balaban J connectivity index is 1.51. The van der Waals surface area contributed by atoms with Gasteiger partial charge in [-0.1, -0.05) is 69.7 Å². The molecular weight excluding hydrogens is 509 g/mol. The molecule has 1 aliphatic carbocycles. The van der Waals surface area contributed by atoms with E-state index in [1.54, 1.807) is 0 Å². The molecule has 3 aromatic rings. The first-order valence-electron chi connectivity index (χ1n) is 14.2. The predicted molar refractivity (Wildman–Crippen MR) is 166 cm³/mol. The molecule has 0 spiro atoms. The molecule has 0 N–H and O–H groups in total. The van der Waals surface area contributed by atoms with E-state index in [0.717, 1.165) is 30.3 Å². The summed E-state index contributed by atoms with van der Waals surface area (Å²) in [6, 6.07) is 17.9. The summed E-state index contributed by atoms with van der Waals surface area (Å²) in [5.41, 5.74) is 12.3. The normalized spacial score (nSPS) is 19.6. The fraction of sp³-hybridized carbons (Fsp3) is 0.257. The molecule has 4 aliphatic rings. The van der Waals surface area contributed by atoms with Crippen LogP contribution in [0.1, 0.15) is 50.8 Å². The van der Waals surface area contributed by atoms with Crippen molar-refractivity contribution in [1.29, 1.82) is 0 Å². The molecule has 4 nitrogen and oxygen atoms in total. The fourth-order valence-electron chi connectivity index (χ4n) is 6.20. The molecule has 1 aromatic heterocycles. The molecule has 40 heavy (non-hydrogen) atoms. The van der Waals surface area contributed by atoms with E-state index in [0.29, 0.717) is 0 Å². The van der Waals surface area contributed by atoms with Crippen molar-refractivity contribution in [3.05, 3.63) is 124 Å². The van der Waals surface area contributed by atoms with Gasteiger partial charge in [-0.2, -0.15) is 0 Å².